The van der Waals surface area contributed by atoms with E-state index in [0.717, 1.165) is 17.6 Å². The first-order chi connectivity index (χ1) is 8.70. The summed E-state index contributed by atoms with van der Waals surface area (Å²) in [5.41, 5.74) is 6.59. The van der Waals surface area contributed by atoms with Crippen molar-refractivity contribution in [2.24, 2.45) is 5.73 Å². The van der Waals surface area contributed by atoms with Crippen molar-refractivity contribution < 1.29 is 9.26 Å². The van der Waals surface area contributed by atoms with Gasteiger partial charge < -0.3 is 15.0 Å². The van der Waals surface area contributed by atoms with Crippen LogP contribution in [-0.4, -0.2) is 29.8 Å². The quantitative estimate of drug-likeness (QED) is 0.885. The van der Waals surface area contributed by atoms with Crippen LogP contribution in [0.3, 0.4) is 0 Å². The molecule has 1 heterocycles. The van der Waals surface area contributed by atoms with Crippen LogP contribution in [0, 0.1) is 0 Å². The average Bonchev–Trinajstić information content (AvgIpc) is 2.76. The minimum atomic E-state index is 0.00313. The minimum absolute atomic E-state index is 0.00313. The molecular weight excluding hydrogens is 272 g/mol. The Hall–Kier alpha value is -0.910. The second-order valence-corrected chi connectivity index (χ2v) is 5.40. The van der Waals surface area contributed by atoms with Gasteiger partial charge in [-0.1, -0.05) is 11.6 Å². The molecule has 0 amide bonds. The molecule has 0 aliphatic rings. The number of ether oxygens (including phenoxy) is 1. The molecule has 0 radical (unpaired) electrons. The molecule has 4 nitrogen and oxygen atoms in total. The summed E-state index contributed by atoms with van der Waals surface area (Å²) < 4.78 is 10.7. The molecule has 0 fully saturated rings. The van der Waals surface area contributed by atoms with Crippen LogP contribution < -0.4 is 10.5 Å². The third-order valence-electron chi connectivity index (χ3n) is 2.53. The maximum Gasteiger partial charge on any atom is 0.262 e. The Bertz CT molecular complexity index is 518. The average molecular weight is 287 g/mol. The molecule has 98 valence electrons. The number of fused-ring (bicyclic) bond motifs is 1. The summed E-state index contributed by atoms with van der Waals surface area (Å²) in [6, 6.07) is 5.30. The van der Waals surface area contributed by atoms with Crippen molar-refractivity contribution >= 4 is 34.3 Å². The Morgan fingerprint density at radius 3 is 3.17 bits per heavy atom. The van der Waals surface area contributed by atoms with E-state index in [1.807, 2.05) is 0 Å². The topological polar surface area (TPSA) is 61.3 Å². The Kier molecular flexibility index (Phi) is 4.74. The lowest BCUT2D eigenvalue weighted by Gasteiger charge is -2.10. The highest BCUT2D eigenvalue weighted by Crippen LogP contribution is 2.27. The summed E-state index contributed by atoms with van der Waals surface area (Å²) in [7, 11) is 0. The van der Waals surface area contributed by atoms with Crippen molar-refractivity contribution in [2.75, 3.05) is 18.6 Å². The number of hydrogen-bond acceptors (Lipinski definition) is 5. The van der Waals surface area contributed by atoms with Crippen LogP contribution in [0.15, 0.2) is 22.7 Å². The highest BCUT2D eigenvalue weighted by molar-refractivity contribution is 7.98. The number of nitrogens with two attached hydrogens (primary N) is 1. The van der Waals surface area contributed by atoms with E-state index in [4.69, 9.17) is 26.6 Å². The van der Waals surface area contributed by atoms with Gasteiger partial charge in [0.15, 0.2) is 5.58 Å². The molecule has 6 heteroatoms. The first-order valence-corrected chi connectivity index (χ1v) is 7.40. The van der Waals surface area contributed by atoms with Crippen molar-refractivity contribution in [3.63, 3.8) is 0 Å². The lowest BCUT2D eigenvalue weighted by molar-refractivity contribution is 0.261. The Morgan fingerprint density at radius 1 is 1.56 bits per heavy atom. The predicted octanol–water partition coefficient (Wildman–Crippen LogP) is 2.94. The zero-order valence-electron chi connectivity index (χ0n) is 10.1. The van der Waals surface area contributed by atoms with E-state index in [1.54, 1.807) is 30.0 Å². The fourth-order valence-electron chi connectivity index (χ4n) is 1.53. The first kappa shape index (κ1) is 13.5. The van der Waals surface area contributed by atoms with Gasteiger partial charge >= 0.3 is 0 Å². The van der Waals surface area contributed by atoms with Gasteiger partial charge in [0.05, 0.1) is 5.39 Å². The molecular formula is C12H15ClN2O2S. The zero-order chi connectivity index (χ0) is 13.0. The Balaban J connectivity index is 2.01. The standard InChI is InChI=1S/C12H15ClN2O2S/c1-18-5-4-9(14)7-16-12-10-6-8(13)2-3-11(10)17-15-12/h2-3,6,9H,4-5,7,14H2,1H3. The van der Waals surface area contributed by atoms with Gasteiger partial charge in [0.25, 0.3) is 5.88 Å². The van der Waals surface area contributed by atoms with E-state index in [1.165, 1.54) is 0 Å². The molecule has 2 N–H and O–H groups in total. The van der Waals surface area contributed by atoms with Crippen LogP contribution in [0.25, 0.3) is 11.0 Å². The number of thioether (sulfide) groups is 1. The maximum atomic E-state index is 5.93. The SMILES string of the molecule is CSCCC(N)COc1noc2ccc(Cl)cc12. The van der Waals surface area contributed by atoms with E-state index in [9.17, 15) is 0 Å². The third kappa shape index (κ3) is 3.31. The number of aromatic nitrogens is 1. The van der Waals surface area contributed by atoms with E-state index >= 15 is 0 Å². The fourth-order valence-corrected chi connectivity index (χ4v) is 2.24. The highest BCUT2D eigenvalue weighted by atomic mass is 35.5. The summed E-state index contributed by atoms with van der Waals surface area (Å²) in [4.78, 5) is 0. The number of nitrogens with zero attached hydrogens (tertiary/aromatic N) is 1. The number of hydrogen-bond donors (Lipinski definition) is 1. The monoisotopic (exact) mass is 286 g/mol. The van der Waals surface area contributed by atoms with Gasteiger partial charge in [-0.25, -0.2) is 0 Å². The number of halogens is 1. The van der Waals surface area contributed by atoms with E-state index < -0.39 is 0 Å². The van der Waals surface area contributed by atoms with E-state index in [-0.39, 0.29) is 6.04 Å². The fraction of sp³-hybridized carbons (Fsp3) is 0.417. The largest absolute Gasteiger partial charge is 0.473 e. The minimum Gasteiger partial charge on any atom is -0.473 e. The van der Waals surface area contributed by atoms with Gasteiger partial charge in [-0.15, -0.1) is 0 Å². The molecule has 0 bridgehead atoms. The molecule has 1 unspecified atom stereocenters. The van der Waals surface area contributed by atoms with E-state index in [2.05, 4.69) is 11.4 Å². The van der Waals surface area contributed by atoms with Gasteiger partial charge in [-0.3, -0.25) is 0 Å². The van der Waals surface area contributed by atoms with Gasteiger partial charge in [0, 0.05) is 11.1 Å². The highest BCUT2D eigenvalue weighted by Gasteiger charge is 2.11. The molecule has 1 atom stereocenters. The molecule has 0 aliphatic heterocycles. The van der Waals surface area contributed by atoms with Gasteiger partial charge in [0.2, 0.25) is 0 Å². The van der Waals surface area contributed by atoms with Crippen LogP contribution in [0.2, 0.25) is 5.02 Å². The first-order valence-electron chi connectivity index (χ1n) is 5.63. The van der Waals surface area contributed by atoms with Gasteiger partial charge in [-0.2, -0.15) is 11.8 Å². The lowest BCUT2D eigenvalue weighted by atomic mass is 10.2. The summed E-state index contributed by atoms with van der Waals surface area (Å²) >= 11 is 7.70. The second-order valence-electron chi connectivity index (χ2n) is 3.98. The lowest BCUT2D eigenvalue weighted by Crippen LogP contribution is -2.28. The maximum absolute atomic E-state index is 5.93. The van der Waals surface area contributed by atoms with Crippen molar-refractivity contribution in [3.05, 3.63) is 23.2 Å². The smallest absolute Gasteiger partial charge is 0.262 e. The van der Waals surface area contributed by atoms with Crippen LogP contribution in [0.4, 0.5) is 0 Å². The van der Waals surface area contributed by atoms with Crippen molar-refractivity contribution in [1.82, 2.24) is 5.16 Å². The summed E-state index contributed by atoms with van der Waals surface area (Å²) in [5, 5.41) is 5.28. The summed E-state index contributed by atoms with van der Waals surface area (Å²) in [5.74, 6) is 1.47. The number of benzene rings is 1. The van der Waals surface area contributed by atoms with E-state index in [0.29, 0.717) is 23.1 Å². The third-order valence-corrected chi connectivity index (χ3v) is 3.40. The molecule has 2 aromatic rings. The second kappa shape index (κ2) is 6.31. The summed E-state index contributed by atoms with van der Waals surface area (Å²) in [6.07, 6.45) is 2.97. The predicted molar refractivity (Wildman–Crippen MR) is 75.5 cm³/mol. The van der Waals surface area contributed by atoms with Crippen LogP contribution in [-0.2, 0) is 0 Å². The molecule has 0 saturated carbocycles. The normalized spacial score (nSPS) is 12.8. The molecule has 2 rings (SSSR count). The summed E-state index contributed by atoms with van der Waals surface area (Å²) in [6.45, 7) is 0.425. The molecule has 0 aliphatic carbocycles. The van der Waals surface area contributed by atoms with Crippen LogP contribution in [0.1, 0.15) is 6.42 Å². The number of rotatable bonds is 6. The molecule has 0 saturated heterocycles. The Morgan fingerprint density at radius 2 is 2.39 bits per heavy atom. The molecule has 0 spiro atoms. The van der Waals surface area contributed by atoms with Crippen molar-refractivity contribution in [2.45, 2.75) is 12.5 Å². The van der Waals surface area contributed by atoms with Crippen LogP contribution in [0.5, 0.6) is 5.88 Å². The van der Waals surface area contributed by atoms with Crippen molar-refractivity contribution in [1.29, 1.82) is 0 Å². The molecule has 1 aromatic carbocycles. The van der Waals surface area contributed by atoms with Gasteiger partial charge in [-0.05, 0) is 41.8 Å². The van der Waals surface area contributed by atoms with Crippen molar-refractivity contribution in [3.8, 4) is 5.88 Å². The van der Waals surface area contributed by atoms with Gasteiger partial charge in [0.1, 0.15) is 6.61 Å². The molecule has 1 aromatic heterocycles. The zero-order valence-corrected chi connectivity index (χ0v) is 11.6. The molecule has 18 heavy (non-hydrogen) atoms. The Labute approximate surface area is 115 Å². The van der Waals surface area contributed by atoms with Crippen LogP contribution >= 0.6 is 23.4 Å².